The number of aromatic nitrogens is 6. The first-order valence-electron chi connectivity index (χ1n) is 7.88. The summed E-state index contributed by atoms with van der Waals surface area (Å²) in [5.74, 6) is 0.904. The number of H-pyrrole nitrogens is 1. The van der Waals surface area contributed by atoms with Gasteiger partial charge in [-0.2, -0.15) is 5.10 Å². The highest BCUT2D eigenvalue weighted by Gasteiger charge is 2.30. The minimum absolute atomic E-state index is 0.0472. The molecule has 0 atom stereocenters. The molecule has 9 heteroatoms. The summed E-state index contributed by atoms with van der Waals surface area (Å²) in [7, 11) is 0. The molecule has 0 spiro atoms. The Labute approximate surface area is 146 Å². The standard InChI is InChI=1S/C16H13N7OS/c24-15(10-1-2-10)20-16-19-13-12(25-16)14(22-21-13)23-8-18-7-11(23)9-3-5-17-6-4-9/h3-8,10H,1-2H2,(H2,19,20,21,22,24). The van der Waals surface area contributed by atoms with Crippen molar-refractivity contribution in [1.82, 2.24) is 29.7 Å². The van der Waals surface area contributed by atoms with Crippen LogP contribution in [-0.2, 0) is 4.79 Å². The van der Waals surface area contributed by atoms with Crippen LogP contribution in [0.4, 0.5) is 5.13 Å². The Kier molecular flexibility index (Phi) is 3.14. The van der Waals surface area contributed by atoms with Crippen molar-refractivity contribution in [2.75, 3.05) is 5.32 Å². The van der Waals surface area contributed by atoms with Crippen LogP contribution < -0.4 is 5.32 Å². The number of imidazole rings is 1. The fourth-order valence-electron chi connectivity index (χ4n) is 2.67. The highest BCUT2D eigenvalue weighted by Crippen LogP contribution is 2.34. The van der Waals surface area contributed by atoms with Crippen LogP contribution >= 0.6 is 11.3 Å². The SMILES string of the molecule is O=C(Nc1nc2[nH]nc(-n3cncc3-c3ccncc3)c2s1)C1CC1. The van der Waals surface area contributed by atoms with Crippen molar-refractivity contribution >= 4 is 32.7 Å². The fraction of sp³-hybridized carbons (Fsp3) is 0.188. The molecule has 25 heavy (non-hydrogen) atoms. The van der Waals surface area contributed by atoms with E-state index in [4.69, 9.17) is 0 Å². The van der Waals surface area contributed by atoms with Gasteiger partial charge in [0.15, 0.2) is 16.6 Å². The number of pyridine rings is 1. The van der Waals surface area contributed by atoms with Crippen LogP contribution in [0.3, 0.4) is 0 Å². The van der Waals surface area contributed by atoms with Crippen molar-refractivity contribution in [2.45, 2.75) is 12.8 Å². The van der Waals surface area contributed by atoms with Gasteiger partial charge in [-0.05, 0) is 25.0 Å². The summed E-state index contributed by atoms with van der Waals surface area (Å²) < 4.78 is 2.78. The molecule has 0 radical (unpaired) electrons. The van der Waals surface area contributed by atoms with E-state index in [-0.39, 0.29) is 11.8 Å². The normalized spacial score (nSPS) is 14.1. The summed E-state index contributed by atoms with van der Waals surface area (Å²) in [4.78, 5) is 24.7. The van der Waals surface area contributed by atoms with Crippen LogP contribution in [-0.4, -0.2) is 35.6 Å². The summed E-state index contributed by atoms with van der Waals surface area (Å²) in [5, 5.41) is 10.8. The van der Waals surface area contributed by atoms with Crippen molar-refractivity contribution in [3.63, 3.8) is 0 Å². The van der Waals surface area contributed by atoms with Crippen LogP contribution in [0.15, 0.2) is 37.1 Å². The van der Waals surface area contributed by atoms with Crippen LogP contribution in [0.5, 0.6) is 0 Å². The number of aromatic amines is 1. The minimum Gasteiger partial charge on any atom is -0.302 e. The highest BCUT2D eigenvalue weighted by molar-refractivity contribution is 7.22. The number of hydrogen-bond acceptors (Lipinski definition) is 6. The van der Waals surface area contributed by atoms with E-state index in [2.05, 4.69) is 30.5 Å². The van der Waals surface area contributed by atoms with Gasteiger partial charge in [-0.3, -0.25) is 19.4 Å². The number of nitrogens with zero attached hydrogens (tertiary/aromatic N) is 5. The van der Waals surface area contributed by atoms with E-state index >= 15 is 0 Å². The highest BCUT2D eigenvalue weighted by atomic mass is 32.1. The van der Waals surface area contributed by atoms with Gasteiger partial charge < -0.3 is 5.32 Å². The first-order chi connectivity index (χ1) is 12.3. The first-order valence-corrected chi connectivity index (χ1v) is 8.70. The number of amides is 1. The monoisotopic (exact) mass is 351 g/mol. The number of carbonyl (C=O) groups excluding carboxylic acids is 1. The molecule has 8 nitrogen and oxygen atoms in total. The van der Waals surface area contributed by atoms with E-state index in [1.165, 1.54) is 11.3 Å². The largest absolute Gasteiger partial charge is 0.302 e. The number of fused-ring (bicyclic) bond motifs is 1. The topological polar surface area (TPSA) is 101 Å². The van der Waals surface area contributed by atoms with Crippen molar-refractivity contribution in [3.8, 4) is 17.1 Å². The molecule has 2 N–H and O–H groups in total. The van der Waals surface area contributed by atoms with Crippen LogP contribution in [0.1, 0.15) is 12.8 Å². The van der Waals surface area contributed by atoms with Gasteiger partial charge in [-0.15, -0.1) is 0 Å². The maximum Gasteiger partial charge on any atom is 0.229 e. The second-order valence-corrected chi connectivity index (χ2v) is 6.89. The Balaban J connectivity index is 1.54. The lowest BCUT2D eigenvalue weighted by Crippen LogP contribution is -2.12. The number of anilines is 1. The van der Waals surface area contributed by atoms with Gasteiger partial charge >= 0.3 is 0 Å². The summed E-state index contributed by atoms with van der Waals surface area (Å²) in [5.41, 5.74) is 2.56. The molecule has 1 fully saturated rings. The molecule has 4 aromatic heterocycles. The lowest BCUT2D eigenvalue weighted by Gasteiger charge is -2.04. The molecular weight excluding hydrogens is 338 g/mol. The lowest BCUT2D eigenvalue weighted by atomic mass is 10.2. The van der Waals surface area contributed by atoms with Crippen LogP contribution in [0, 0.1) is 5.92 Å². The third kappa shape index (κ3) is 2.49. The average Bonchev–Trinajstić information content (AvgIpc) is 3.06. The summed E-state index contributed by atoms with van der Waals surface area (Å²) >= 11 is 1.41. The van der Waals surface area contributed by atoms with E-state index in [0.29, 0.717) is 16.6 Å². The molecule has 4 aromatic rings. The van der Waals surface area contributed by atoms with Gasteiger partial charge in [0, 0.05) is 23.9 Å². The molecule has 1 amide bonds. The van der Waals surface area contributed by atoms with Gasteiger partial charge in [0.2, 0.25) is 5.91 Å². The maximum atomic E-state index is 11.9. The predicted octanol–water partition coefficient (Wildman–Crippen LogP) is 2.62. The third-order valence-corrected chi connectivity index (χ3v) is 5.09. The van der Waals surface area contributed by atoms with Crippen molar-refractivity contribution in [1.29, 1.82) is 0 Å². The summed E-state index contributed by atoms with van der Waals surface area (Å²) in [6.07, 6.45) is 8.91. The van der Waals surface area contributed by atoms with E-state index in [1.54, 1.807) is 24.9 Å². The van der Waals surface area contributed by atoms with Crippen molar-refractivity contribution in [2.24, 2.45) is 5.92 Å². The fourth-order valence-corrected chi connectivity index (χ4v) is 3.58. The minimum atomic E-state index is 0.0472. The molecule has 5 rings (SSSR count). The second kappa shape index (κ2) is 5.49. The predicted molar refractivity (Wildman–Crippen MR) is 93.5 cm³/mol. The lowest BCUT2D eigenvalue weighted by molar-refractivity contribution is -0.117. The van der Waals surface area contributed by atoms with Gasteiger partial charge in [0.1, 0.15) is 11.0 Å². The quantitative estimate of drug-likeness (QED) is 0.588. The number of thiazole rings is 1. The Morgan fingerprint density at radius 3 is 2.92 bits per heavy atom. The first kappa shape index (κ1) is 14.3. The molecule has 0 saturated heterocycles. The molecular formula is C16H13N7OS. The molecule has 1 aliphatic rings. The summed E-state index contributed by atoms with van der Waals surface area (Å²) in [6, 6.07) is 3.84. The molecule has 124 valence electrons. The molecule has 0 aliphatic heterocycles. The average molecular weight is 351 g/mol. The van der Waals surface area contributed by atoms with Crippen molar-refractivity contribution in [3.05, 3.63) is 37.1 Å². The number of rotatable bonds is 4. The zero-order chi connectivity index (χ0) is 16.8. The van der Waals surface area contributed by atoms with E-state index in [0.717, 1.165) is 28.8 Å². The molecule has 1 aliphatic carbocycles. The Hall–Kier alpha value is -3.07. The molecule has 0 aromatic carbocycles. The molecule has 0 unspecified atom stereocenters. The zero-order valence-electron chi connectivity index (χ0n) is 13.0. The van der Waals surface area contributed by atoms with E-state index in [1.807, 2.05) is 16.7 Å². The van der Waals surface area contributed by atoms with Crippen molar-refractivity contribution < 1.29 is 4.79 Å². The Bertz CT molecular complexity index is 1060. The van der Waals surface area contributed by atoms with E-state index in [9.17, 15) is 4.79 Å². The second-order valence-electron chi connectivity index (χ2n) is 5.89. The van der Waals surface area contributed by atoms with Gasteiger partial charge in [0.25, 0.3) is 0 Å². The molecule has 4 heterocycles. The van der Waals surface area contributed by atoms with Crippen LogP contribution in [0.2, 0.25) is 0 Å². The smallest absolute Gasteiger partial charge is 0.229 e. The molecule has 0 bridgehead atoms. The van der Waals surface area contributed by atoms with Gasteiger partial charge in [-0.25, -0.2) is 9.97 Å². The number of nitrogens with one attached hydrogen (secondary N) is 2. The van der Waals surface area contributed by atoms with Crippen LogP contribution in [0.25, 0.3) is 27.4 Å². The summed E-state index contributed by atoms with van der Waals surface area (Å²) in [6.45, 7) is 0. The van der Waals surface area contributed by atoms with Gasteiger partial charge in [0.05, 0.1) is 11.9 Å². The third-order valence-electron chi connectivity index (χ3n) is 4.12. The van der Waals surface area contributed by atoms with E-state index < -0.39 is 0 Å². The number of hydrogen-bond donors (Lipinski definition) is 2. The Morgan fingerprint density at radius 2 is 2.12 bits per heavy atom. The zero-order valence-corrected chi connectivity index (χ0v) is 13.8. The Morgan fingerprint density at radius 1 is 1.28 bits per heavy atom. The molecule has 1 saturated carbocycles. The van der Waals surface area contributed by atoms with Gasteiger partial charge in [-0.1, -0.05) is 11.3 Å². The number of carbonyl (C=O) groups is 1. The maximum absolute atomic E-state index is 11.9.